The summed E-state index contributed by atoms with van der Waals surface area (Å²) in [6.07, 6.45) is 4.98. The molecule has 2 aromatic heterocycles. The first-order chi connectivity index (χ1) is 20.9. The van der Waals surface area contributed by atoms with E-state index < -0.39 is 17.3 Å². The smallest absolute Gasteiger partial charge is 0.312 e. The molecule has 1 atom stereocenters. The SMILES string of the molecule is Cc1ccc([C@H](Nc2cc(Cl)c3ncc(C#N)c(Nc4ccc(F)c(Cl)c4)c3c2)C2=CN(COC(=O)C(C)(C)C)NN2)cn1. The highest BCUT2D eigenvalue weighted by atomic mass is 35.5. The first-order valence-electron chi connectivity index (χ1n) is 13.5. The Morgan fingerprint density at radius 2 is 1.89 bits per heavy atom. The van der Waals surface area contributed by atoms with Crippen LogP contribution in [-0.2, 0) is 9.53 Å². The molecule has 0 spiro atoms. The third kappa shape index (κ3) is 6.78. The number of carbonyl (C=O) groups is 1. The zero-order chi connectivity index (χ0) is 31.6. The Morgan fingerprint density at radius 1 is 1.11 bits per heavy atom. The topological polar surface area (TPSA) is 127 Å². The van der Waals surface area contributed by atoms with Crippen LogP contribution in [0, 0.1) is 29.5 Å². The number of hydrazine groups is 2. The lowest BCUT2D eigenvalue weighted by Crippen LogP contribution is -2.40. The Labute approximate surface area is 263 Å². The summed E-state index contributed by atoms with van der Waals surface area (Å²) in [5, 5.41) is 19.0. The van der Waals surface area contributed by atoms with Crippen molar-refractivity contribution in [1.29, 1.82) is 5.26 Å². The minimum absolute atomic E-state index is 0.0156. The van der Waals surface area contributed by atoms with Gasteiger partial charge in [0.2, 0.25) is 0 Å². The largest absolute Gasteiger partial charge is 0.442 e. The molecule has 4 N–H and O–H groups in total. The number of rotatable bonds is 8. The number of halogens is 3. The number of nitriles is 1. The van der Waals surface area contributed by atoms with Gasteiger partial charge < -0.3 is 20.8 Å². The van der Waals surface area contributed by atoms with E-state index in [-0.39, 0.29) is 23.3 Å². The average molecular weight is 636 g/mol. The molecule has 0 amide bonds. The van der Waals surface area contributed by atoms with Crippen molar-refractivity contribution in [2.75, 3.05) is 17.4 Å². The molecule has 0 unspecified atom stereocenters. The number of ether oxygens (including phenoxy) is 1. The molecule has 0 aliphatic carbocycles. The maximum atomic E-state index is 13.8. The van der Waals surface area contributed by atoms with Gasteiger partial charge in [0.1, 0.15) is 11.9 Å². The number of fused-ring (bicyclic) bond motifs is 1. The second-order valence-electron chi connectivity index (χ2n) is 11.2. The number of hydrogen-bond acceptors (Lipinski definition) is 10. The summed E-state index contributed by atoms with van der Waals surface area (Å²) in [5.41, 5.74) is 10.2. The van der Waals surface area contributed by atoms with Crippen LogP contribution < -0.4 is 21.6 Å². The number of nitrogens with zero attached hydrogens (tertiary/aromatic N) is 4. The third-order valence-corrected chi connectivity index (χ3v) is 7.29. The van der Waals surface area contributed by atoms with Crippen molar-refractivity contribution in [2.24, 2.45) is 5.41 Å². The van der Waals surface area contributed by atoms with Crippen LogP contribution in [0.15, 0.2) is 66.8 Å². The molecule has 0 bridgehead atoms. The highest BCUT2D eigenvalue weighted by Crippen LogP contribution is 2.37. The van der Waals surface area contributed by atoms with Crippen molar-refractivity contribution in [2.45, 2.75) is 33.7 Å². The molecule has 4 aromatic rings. The van der Waals surface area contributed by atoms with Crippen molar-refractivity contribution >= 4 is 57.1 Å². The molecule has 1 aliphatic heterocycles. The van der Waals surface area contributed by atoms with E-state index in [0.717, 1.165) is 11.3 Å². The van der Waals surface area contributed by atoms with Crippen molar-refractivity contribution in [3.05, 3.63) is 99.4 Å². The number of pyridine rings is 2. The van der Waals surface area contributed by atoms with Crippen molar-refractivity contribution in [3.63, 3.8) is 0 Å². The number of anilines is 3. The van der Waals surface area contributed by atoms with Gasteiger partial charge in [0.15, 0.2) is 6.73 Å². The summed E-state index contributed by atoms with van der Waals surface area (Å²) >= 11 is 12.7. The van der Waals surface area contributed by atoms with Crippen LogP contribution in [-0.4, -0.2) is 27.7 Å². The lowest BCUT2D eigenvalue weighted by atomic mass is 9.98. The van der Waals surface area contributed by atoms with Gasteiger partial charge in [0.05, 0.1) is 44.0 Å². The van der Waals surface area contributed by atoms with Crippen LogP contribution in [0.3, 0.4) is 0 Å². The minimum Gasteiger partial charge on any atom is -0.442 e. The van der Waals surface area contributed by atoms with E-state index in [0.29, 0.717) is 38.7 Å². The van der Waals surface area contributed by atoms with Gasteiger partial charge in [-0.2, -0.15) is 5.26 Å². The monoisotopic (exact) mass is 634 g/mol. The molecule has 0 saturated heterocycles. The first kappa shape index (κ1) is 30.8. The lowest BCUT2D eigenvalue weighted by molar-refractivity contribution is -0.157. The molecular formula is C31H29Cl2FN8O2. The summed E-state index contributed by atoms with van der Waals surface area (Å²) in [4.78, 5) is 21.2. The fourth-order valence-corrected chi connectivity index (χ4v) is 4.82. The maximum absolute atomic E-state index is 13.8. The molecule has 5 rings (SSSR count). The molecule has 1 aliphatic rings. The highest BCUT2D eigenvalue weighted by molar-refractivity contribution is 6.36. The number of benzene rings is 2. The van der Waals surface area contributed by atoms with Gasteiger partial charge in [-0.05, 0) is 69.7 Å². The van der Waals surface area contributed by atoms with Crippen LogP contribution in [0.2, 0.25) is 10.0 Å². The normalized spacial score (nSPS) is 13.6. The number of esters is 1. The Hall–Kier alpha value is -4.63. The van der Waals surface area contributed by atoms with Crippen LogP contribution in [0.1, 0.15) is 43.6 Å². The van der Waals surface area contributed by atoms with Crippen LogP contribution in [0.5, 0.6) is 0 Å². The summed E-state index contributed by atoms with van der Waals surface area (Å²) in [5.74, 6) is -0.888. The quantitative estimate of drug-likeness (QED) is 0.153. The molecular weight excluding hydrogens is 606 g/mol. The molecule has 3 heterocycles. The standard InChI is InChI=1S/C31H29Cl2FN8O2/c1-17-5-6-18(13-36-17)28(26-15-42(41-40-26)16-44-30(43)31(2,3)4)39-21-9-22-27(38-20-7-8-25(34)23(32)10-20)19(12-35)14-37-29(22)24(33)11-21/h5-11,13-15,28,39-41H,16H2,1-4H3,(H,37,38)/t28-/m0/s1. The van der Waals surface area contributed by atoms with Gasteiger partial charge >= 0.3 is 5.97 Å². The third-order valence-electron chi connectivity index (χ3n) is 6.71. The summed E-state index contributed by atoms with van der Waals surface area (Å²) < 4.78 is 19.3. The Morgan fingerprint density at radius 3 is 2.57 bits per heavy atom. The Balaban J connectivity index is 1.51. The van der Waals surface area contributed by atoms with E-state index in [1.165, 1.54) is 24.4 Å². The van der Waals surface area contributed by atoms with E-state index in [1.54, 1.807) is 44.2 Å². The van der Waals surface area contributed by atoms with Gasteiger partial charge in [-0.1, -0.05) is 29.3 Å². The van der Waals surface area contributed by atoms with Gasteiger partial charge in [-0.3, -0.25) is 19.8 Å². The predicted molar refractivity (Wildman–Crippen MR) is 168 cm³/mol. The van der Waals surface area contributed by atoms with Crippen LogP contribution >= 0.6 is 23.2 Å². The fraction of sp³-hybridized carbons (Fsp3) is 0.226. The molecule has 0 saturated carbocycles. The number of aromatic nitrogens is 2. The van der Waals surface area contributed by atoms with Gasteiger partial charge in [0.25, 0.3) is 0 Å². The van der Waals surface area contributed by atoms with Gasteiger partial charge in [-0.25, -0.2) is 4.39 Å². The van der Waals surface area contributed by atoms with Crippen molar-refractivity contribution < 1.29 is 13.9 Å². The van der Waals surface area contributed by atoms with Gasteiger partial charge in [0, 0.05) is 41.0 Å². The first-order valence-corrected chi connectivity index (χ1v) is 14.3. The lowest BCUT2D eigenvalue weighted by Gasteiger charge is -2.22. The van der Waals surface area contributed by atoms with E-state index in [2.05, 4.69) is 37.6 Å². The second kappa shape index (κ2) is 12.5. The molecule has 0 radical (unpaired) electrons. The van der Waals surface area contributed by atoms with Crippen LogP contribution in [0.4, 0.5) is 21.5 Å². The van der Waals surface area contributed by atoms with E-state index in [1.807, 2.05) is 25.1 Å². The number of carbonyl (C=O) groups excluding carboxylic acids is 1. The van der Waals surface area contributed by atoms with E-state index >= 15 is 0 Å². The Kier molecular flexibility index (Phi) is 8.78. The van der Waals surface area contributed by atoms with Crippen LogP contribution in [0.25, 0.3) is 10.9 Å². The molecule has 13 heteroatoms. The zero-order valence-electron chi connectivity index (χ0n) is 24.3. The average Bonchev–Trinajstić information content (AvgIpc) is 3.45. The number of hydrogen-bond donors (Lipinski definition) is 4. The number of aryl methyl sites for hydroxylation is 1. The molecule has 10 nitrogen and oxygen atoms in total. The maximum Gasteiger partial charge on any atom is 0.312 e. The minimum atomic E-state index is -0.635. The zero-order valence-corrected chi connectivity index (χ0v) is 25.8. The number of nitrogens with one attached hydrogen (secondary N) is 4. The Bertz CT molecular complexity index is 1800. The second-order valence-corrected chi connectivity index (χ2v) is 12.0. The van der Waals surface area contributed by atoms with E-state index in [4.69, 9.17) is 27.9 Å². The molecule has 0 fully saturated rings. The summed E-state index contributed by atoms with van der Waals surface area (Å²) in [6.45, 7) is 7.25. The molecule has 226 valence electrons. The van der Waals surface area contributed by atoms with Gasteiger partial charge in [-0.15, -0.1) is 5.53 Å². The summed E-state index contributed by atoms with van der Waals surface area (Å²) in [7, 11) is 0. The molecule has 44 heavy (non-hydrogen) atoms. The predicted octanol–water partition coefficient (Wildman–Crippen LogP) is 6.87. The molecule has 2 aromatic carbocycles. The fourth-order valence-electron chi connectivity index (χ4n) is 4.37. The summed E-state index contributed by atoms with van der Waals surface area (Å²) in [6, 6.07) is 13.3. The van der Waals surface area contributed by atoms with E-state index in [9.17, 15) is 14.4 Å². The highest BCUT2D eigenvalue weighted by Gasteiger charge is 2.27. The van der Waals surface area contributed by atoms with Crippen molar-refractivity contribution in [3.8, 4) is 6.07 Å². The van der Waals surface area contributed by atoms with Crippen molar-refractivity contribution in [1.82, 2.24) is 25.9 Å².